The maximum Gasteiger partial charge on any atom is 0.0110 e. The van der Waals surface area contributed by atoms with Crippen LogP contribution < -0.4 is 47.9 Å². The third kappa shape index (κ3) is 25.2. The summed E-state index contributed by atoms with van der Waals surface area (Å²) < 4.78 is 0. The van der Waals surface area contributed by atoms with E-state index in [9.17, 15) is 0 Å². The quantitative estimate of drug-likeness (QED) is 0.131. The van der Waals surface area contributed by atoms with Crippen LogP contribution >= 0.6 is 0 Å². The molecule has 290 valence electrons. The predicted octanol–water partition coefficient (Wildman–Crippen LogP) is -2.12. The van der Waals surface area contributed by atoms with Crippen molar-refractivity contribution in [3.8, 4) is 0 Å². The van der Waals surface area contributed by atoms with Gasteiger partial charge in [-0.3, -0.25) is 19.6 Å². The Morgan fingerprint density at radius 2 is 0.449 bits per heavy atom. The van der Waals surface area contributed by atoms with Crippen molar-refractivity contribution in [2.24, 2.45) is 0 Å². The smallest absolute Gasteiger partial charge is 0.0110 e. The molecule has 0 aliphatic carbocycles. The summed E-state index contributed by atoms with van der Waals surface area (Å²) in [5.74, 6) is 0. The van der Waals surface area contributed by atoms with Gasteiger partial charge in [0.25, 0.3) is 0 Å². The molecule has 0 radical (unpaired) electrons. The molecule has 0 spiro atoms. The van der Waals surface area contributed by atoms with Crippen LogP contribution in [0.4, 0.5) is 0 Å². The fourth-order valence-corrected chi connectivity index (χ4v) is 6.77. The molecule has 0 aromatic carbocycles. The van der Waals surface area contributed by atoms with Crippen molar-refractivity contribution in [1.82, 2.24) is 67.5 Å². The Morgan fingerprint density at radius 3 is 0.653 bits per heavy atom. The van der Waals surface area contributed by atoms with Gasteiger partial charge >= 0.3 is 0 Å². The highest BCUT2D eigenvalue weighted by Crippen LogP contribution is 1.99. The fourth-order valence-electron chi connectivity index (χ4n) is 6.77. The fraction of sp³-hybridized carbons (Fsp3) is 1.00. The zero-order valence-corrected chi connectivity index (χ0v) is 31.7. The lowest BCUT2D eigenvalue weighted by Crippen LogP contribution is -2.47. The summed E-state index contributed by atoms with van der Waals surface area (Å²) in [5.41, 5.74) is 0. The Bertz CT molecular complexity index is 574. The molecule has 0 saturated carbocycles. The molecule has 3 rings (SSSR count). The van der Waals surface area contributed by atoms with Crippen LogP contribution in [-0.4, -0.2) is 216 Å². The molecular weight excluding hydrogens is 614 g/mol. The Morgan fingerprint density at radius 1 is 0.265 bits per heavy atom. The molecule has 3 fully saturated rings. The van der Waals surface area contributed by atoms with Gasteiger partial charge < -0.3 is 47.9 Å². The standard InChI is InChI=1S/C36H81N13/c1-7-37-8-2-14-41-20-26-46(25-19-40-13-1)31-34-49(35-32-47-27-21-42-15-3-9-38-10-4-16-43-22-28-47)36-33-48-29-23-44-17-5-11-39-12-6-18-45-24-30-48/h37-45H,1-36H2. The van der Waals surface area contributed by atoms with E-state index >= 15 is 0 Å². The van der Waals surface area contributed by atoms with Crippen molar-refractivity contribution < 1.29 is 0 Å². The number of rotatable bonds is 9. The number of nitrogens with zero attached hydrogens (tertiary/aromatic N) is 4. The van der Waals surface area contributed by atoms with Gasteiger partial charge in [0.2, 0.25) is 0 Å². The second-order valence-electron chi connectivity index (χ2n) is 14.2. The lowest BCUT2D eigenvalue weighted by atomic mass is 10.3. The first-order valence-electron chi connectivity index (χ1n) is 20.7. The van der Waals surface area contributed by atoms with E-state index in [1.807, 2.05) is 0 Å². The largest absolute Gasteiger partial charge is 0.317 e. The maximum atomic E-state index is 3.71. The van der Waals surface area contributed by atoms with Crippen molar-refractivity contribution in [1.29, 1.82) is 0 Å². The maximum absolute atomic E-state index is 3.71. The summed E-state index contributed by atoms with van der Waals surface area (Å²) in [5, 5.41) is 33.0. The van der Waals surface area contributed by atoms with Crippen LogP contribution in [0, 0.1) is 0 Å². The number of nitrogens with one attached hydrogen (secondary N) is 9. The minimum absolute atomic E-state index is 1.08. The molecule has 0 amide bonds. The zero-order valence-electron chi connectivity index (χ0n) is 31.7. The number of hydrogen-bond donors (Lipinski definition) is 9. The summed E-state index contributed by atoms with van der Waals surface area (Å²) in [6.07, 6.45) is 7.24. The first-order valence-corrected chi connectivity index (χ1v) is 20.7. The van der Waals surface area contributed by atoms with Gasteiger partial charge in [-0.1, -0.05) is 0 Å². The van der Waals surface area contributed by atoms with E-state index in [0.29, 0.717) is 0 Å². The molecule has 0 aromatic rings. The van der Waals surface area contributed by atoms with E-state index in [0.717, 1.165) is 196 Å². The van der Waals surface area contributed by atoms with Crippen LogP contribution in [-0.2, 0) is 0 Å². The van der Waals surface area contributed by atoms with Gasteiger partial charge in [-0.2, -0.15) is 0 Å². The van der Waals surface area contributed by atoms with Gasteiger partial charge in [-0.15, -0.1) is 0 Å². The predicted molar refractivity (Wildman–Crippen MR) is 209 cm³/mol. The molecule has 0 aromatic heterocycles. The number of hydrogen-bond acceptors (Lipinski definition) is 13. The highest BCUT2D eigenvalue weighted by atomic mass is 15.3. The molecule has 3 heterocycles. The van der Waals surface area contributed by atoms with Crippen LogP contribution in [0.5, 0.6) is 0 Å². The van der Waals surface area contributed by atoms with Crippen molar-refractivity contribution >= 4 is 0 Å². The van der Waals surface area contributed by atoms with Crippen LogP contribution in [0.2, 0.25) is 0 Å². The third-order valence-corrected chi connectivity index (χ3v) is 10.1. The van der Waals surface area contributed by atoms with Gasteiger partial charge in [0, 0.05) is 118 Å². The lowest BCUT2D eigenvalue weighted by molar-refractivity contribution is 0.155. The van der Waals surface area contributed by atoms with Crippen molar-refractivity contribution in [2.75, 3.05) is 196 Å². The SMILES string of the molecule is C1CNCCCNCCN(CCN(CCN2CCNCCCNCCCNCC2)CCN2CCNCCCNCCCNCC2)CCNC1. The second kappa shape index (κ2) is 32.2. The Hall–Kier alpha value is -0.520. The van der Waals surface area contributed by atoms with Gasteiger partial charge in [0.1, 0.15) is 0 Å². The Labute approximate surface area is 301 Å². The van der Waals surface area contributed by atoms with E-state index < -0.39 is 0 Å². The second-order valence-corrected chi connectivity index (χ2v) is 14.2. The summed E-state index contributed by atoms with van der Waals surface area (Å²) >= 11 is 0. The summed E-state index contributed by atoms with van der Waals surface area (Å²) in [6.45, 7) is 33.4. The molecule has 49 heavy (non-hydrogen) atoms. The first-order chi connectivity index (χ1) is 24.4. The minimum Gasteiger partial charge on any atom is -0.317 e. The van der Waals surface area contributed by atoms with Crippen molar-refractivity contribution in [3.05, 3.63) is 0 Å². The van der Waals surface area contributed by atoms with E-state index in [-0.39, 0.29) is 0 Å². The molecule has 0 bridgehead atoms. The van der Waals surface area contributed by atoms with Crippen LogP contribution in [0.3, 0.4) is 0 Å². The molecule has 13 heteroatoms. The summed E-state index contributed by atoms with van der Waals surface area (Å²) in [6, 6.07) is 0. The van der Waals surface area contributed by atoms with E-state index in [2.05, 4.69) is 67.5 Å². The molecule has 3 aliphatic heterocycles. The van der Waals surface area contributed by atoms with E-state index in [4.69, 9.17) is 0 Å². The first kappa shape index (κ1) is 42.9. The Balaban J connectivity index is 1.56. The lowest BCUT2D eigenvalue weighted by Gasteiger charge is -2.32. The molecule has 3 aliphatic rings. The average molecular weight is 696 g/mol. The highest BCUT2D eigenvalue weighted by Gasteiger charge is 2.15. The van der Waals surface area contributed by atoms with Gasteiger partial charge in [-0.05, 0) is 117 Å². The molecule has 3 saturated heterocycles. The summed E-state index contributed by atoms with van der Waals surface area (Å²) in [7, 11) is 0. The van der Waals surface area contributed by atoms with Gasteiger partial charge in [0.05, 0.1) is 0 Å². The minimum atomic E-state index is 1.08. The molecule has 0 unspecified atom stereocenters. The average Bonchev–Trinajstić information content (AvgIpc) is 3.11. The third-order valence-electron chi connectivity index (χ3n) is 10.1. The zero-order chi connectivity index (χ0) is 34.1. The molecule has 0 atom stereocenters. The van der Waals surface area contributed by atoms with Crippen molar-refractivity contribution in [3.63, 3.8) is 0 Å². The molecule has 9 N–H and O–H groups in total. The van der Waals surface area contributed by atoms with Gasteiger partial charge in [0.15, 0.2) is 0 Å². The van der Waals surface area contributed by atoms with E-state index in [1.54, 1.807) is 0 Å². The van der Waals surface area contributed by atoms with Crippen LogP contribution in [0.25, 0.3) is 0 Å². The normalized spacial score (nSPS) is 24.4. The van der Waals surface area contributed by atoms with E-state index in [1.165, 1.54) is 38.5 Å². The summed E-state index contributed by atoms with van der Waals surface area (Å²) in [4.78, 5) is 10.9. The monoisotopic (exact) mass is 696 g/mol. The van der Waals surface area contributed by atoms with Crippen molar-refractivity contribution in [2.45, 2.75) is 38.5 Å². The topological polar surface area (TPSA) is 121 Å². The Kier molecular flexibility index (Phi) is 28.1. The molecular formula is C36H81N13. The van der Waals surface area contributed by atoms with Crippen LogP contribution in [0.1, 0.15) is 38.5 Å². The highest BCUT2D eigenvalue weighted by molar-refractivity contribution is 4.73. The van der Waals surface area contributed by atoms with Crippen LogP contribution in [0.15, 0.2) is 0 Å². The van der Waals surface area contributed by atoms with Gasteiger partial charge in [-0.25, -0.2) is 0 Å². The molecule has 13 nitrogen and oxygen atoms in total.